The number of para-hydroxylation sites is 1. The monoisotopic (exact) mass is 438 g/mol. The maximum absolute atomic E-state index is 13.5. The van der Waals surface area contributed by atoms with Gasteiger partial charge < -0.3 is 15.4 Å². The fraction of sp³-hybridized carbons (Fsp3) is 0.222. The number of methoxy groups -OCH3 is 1. The van der Waals surface area contributed by atoms with Crippen LogP contribution in [0.4, 0.5) is 42.1 Å². The van der Waals surface area contributed by atoms with E-state index in [1.165, 1.54) is 42.8 Å². The SMILES string of the molecule is COc1ccc(NC(=O)c2ccccc2NC(=O)C(F)(F)C(F)(F)C(F)(F)F)cc1. The number of nitrogens with one attached hydrogen (secondary N) is 2. The minimum Gasteiger partial charge on any atom is -0.497 e. The molecule has 12 heteroatoms. The quantitative estimate of drug-likeness (QED) is 0.642. The van der Waals surface area contributed by atoms with E-state index in [1.54, 1.807) is 0 Å². The second-order valence-electron chi connectivity index (χ2n) is 5.83. The molecule has 2 aromatic carbocycles. The van der Waals surface area contributed by atoms with Gasteiger partial charge in [0.05, 0.1) is 18.4 Å². The van der Waals surface area contributed by atoms with Crippen LogP contribution in [0.1, 0.15) is 10.4 Å². The molecule has 0 bridgehead atoms. The highest BCUT2D eigenvalue weighted by atomic mass is 19.4. The summed E-state index contributed by atoms with van der Waals surface area (Å²) in [6.45, 7) is 0. The van der Waals surface area contributed by atoms with Gasteiger partial charge in [-0.25, -0.2) is 0 Å². The molecule has 0 unspecified atom stereocenters. The van der Waals surface area contributed by atoms with Gasteiger partial charge in [-0.2, -0.15) is 30.7 Å². The summed E-state index contributed by atoms with van der Waals surface area (Å²) in [6.07, 6.45) is -6.67. The van der Waals surface area contributed by atoms with Crippen LogP contribution in [0.3, 0.4) is 0 Å². The normalized spacial score (nSPS) is 12.3. The molecule has 2 amide bonds. The minimum absolute atomic E-state index is 0.232. The van der Waals surface area contributed by atoms with Crippen molar-refractivity contribution >= 4 is 23.2 Å². The number of anilines is 2. The molecule has 2 aromatic rings. The van der Waals surface area contributed by atoms with E-state index < -0.39 is 41.1 Å². The molecule has 162 valence electrons. The summed E-state index contributed by atoms with van der Waals surface area (Å²) in [5, 5.41) is 3.62. The predicted molar refractivity (Wildman–Crippen MR) is 92.0 cm³/mol. The zero-order chi connectivity index (χ0) is 22.7. The largest absolute Gasteiger partial charge is 0.497 e. The molecule has 0 aliphatic rings. The lowest BCUT2D eigenvalue weighted by atomic mass is 10.1. The van der Waals surface area contributed by atoms with E-state index in [-0.39, 0.29) is 5.69 Å². The molecule has 0 saturated heterocycles. The molecule has 2 rings (SSSR count). The summed E-state index contributed by atoms with van der Waals surface area (Å²) in [6, 6.07) is 10.2. The summed E-state index contributed by atoms with van der Waals surface area (Å²) in [7, 11) is 1.41. The third-order valence-electron chi connectivity index (χ3n) is 3.80. The molecule has 0 atom stereocenters. The molecular formula is C18H13F7N2O3. The second-order valence-corrected chi connectivity index (χ2v) is 5.83. The Balaban J connectivity index is 2.26. The standard InChI is InChI=1S/C18H13F7N2O3/c1-30-11-8-6-10(7-9-11)26-14(28)12-4-2-3-5-13(12)27-15(29)16(19,20)17(21,22)18(23,24)25/h2-9H,1H3,(H,26,28)(H,27,29). The van der Waals surface area contributed by atoms with Gasteiger partial charge in [0.25, 0.3) is 5.91 Å². The first-order valence-corrected chi connectivity index (χ1v) is 7.99. The second kappa shape index (κ2) is 8.20. The molecule has 0 radical (unpaired) electrons. The number of carbonyl (C=O) groups excluding carboxylic acids is 2. The maximum atomic E-state index is 13.5. The molecule has 0 aromatic heterocycles. The Morgan fingerprint density at radius 2 is 1.40 bits per heavy atom. The molecule has 30 heavy (non-hydrogen) atoms. The highest BCUT2D eigenvalue weighted by molar-refractivity contribution is 6.10. The summed E-state index contributed by atoms with van der Waals surface area (Å²) in [4.78, 5) is 23.9. The van der Waals surface area contributed by atoms with Crippen LogP contribution in [0.5, 0.6) is 5.75 Å². The number of benzene rings is 2. The molecule has 0 spiro atoms. The number of hydrogen-bond donors (Lipinski definition) is 2. The first-order chi connectivity index (χ1) is 13.8. The number of rotatable bonds is 6. The highest BCUT2D eigenvalue weighted by Gasteiger charge is 2.76. The Morgan fingerprint density at radius 1 is 0.833 bits per heavy atom. The van der Waals surface area contributed by atoms with Crippen molar-refractivity contribution in [3.05, 3.63) is 54.1 Å². The van der Waals surface area contributed by atoms with Gasteiger partial charge in [0.15, 0.2) is 0 Å². The van der Waals surface area contributed by atoms with Gasteiger partial charge in [-0.3, -0.25) is 9.59 Å². The van der Waals surface area contributed by atoms with Crippen LogP contribution < -0.4 is 15.4 Å². The predicted octanol–water partition coefficient (Wildman–Crippen LogP) is 4.72. The van der Waals surface area contributed by atoms with Crippen molar-refractivity contribution in [3.63, 3.8) is 0 Å². The van der Waals surface area contributed by atoms with Crippen molar-refractivity contribution in [2.24, 2.45) is 0 Å². The smallest absolute Gasteiger partial charge is 0.460 e. The molecule has 2 N–H and O–H groups in total. The van der Waals surface area contributed by atoms with Crippen LogP contribution in [0.25, 0.3) is 0 Å². The molecule has 0 aliphatic carbocycles. The van der Waals surface area contributed by atoms with E-state index in [0.29, 0.717) is 5.75 Å². The molecular weight excluding hydrogens is 425 g/mol. The van der Waals surface area contributed by atoms with Crippen LogP contribution >= 0.6 is 0 Å². The first kappa shape index (κ1) is 23.0. The lowest BCUT2D eigenvalue weighted by molar-refractivity contribution is -0.343. The van der Waals surface area contributed by atoms with Gasteiger partial charge in [-0.05, 0) is 36.4 Å². The first-order valence-electron chi connectivity index (χ1n) is 7.99. The van der Waals surface area contributed by atoms with E-state index in [0.717, 1.165) is 18.2 Å². The fourth-order valence-electron chi connectivity index (χ4n) is 2.18. The third-order valence-corrected chi connectivity index (χ3v) is 3.80. The number of halogens is 7. The van der Waals surface area contributed by atoms with Gasteiger partial charge in [0, 0.05) is 5.69 Å². The molecule has 5 nitrogen and oxygen atoms in total. The van der Waals surface area contributed by atoms with Gasteiger partial charge in [0.2, 0.25) is 0 Å². The van der Waals surface area contributed by atoms with E-state index in [9.17, 15) is 40.3 Å². The number of ether oxygens (including phenoxy) is 1. The average Bonchev–Trinajstić information content (AvgIpc) is 2.67. The van der Waals surface area contributed by atoms with Crippen LogP contribution in [-0.2, 0) is 4.79 Å². The van der Waals surface area contributed by atoms with E-state index >= 15 is 0 Å². The fourth-order valence-corrected chi connectivity index (χ4v) is 2.18. The number of hydrogen-bond acceptors (Lipinski definition) is 3. The van der Waals surface area contributed by atoms with Crippen LogP contribution in [0.2, 0.25) is 0 Å². The van der Waals surface area contributed by atoms with E-state index in [1.807, 2.05) is 0 Å². The van der Waals surface area contributed by atoms with Gasteiger partial charge in [-0.1, -0.05) is 12.1 Å². The summed E-state index contributed by atoms with van der Waals surface area (Å²) < 4.78 is 94.8. The van der Waals surface area contributed by atoms with Crippen molar-refractivity contribution < 1.29 is 45.1 Å². The lowest BCUT2D eigenvalue weighted by Crippen LogP contribution is -2.57. The summed E-state index contributed by atoms with van der Waals surface area (Å²) >= 11 is 0. The molecule has 0 heterocycles. The van der Waals surface area contributed by atoms with Crippen molar-refractivity contribution in [3.8, 4) is 5.75 Å². The Hall–Kier alpha value is -3.31. The summed E-state index contributed by atoms with van der Waals surface area (Å²) in [5.74, 6) is -16.1. The Bertz CT molecular complexity index is 928. The van der Waals surface area contributed by atoms with Gasteiger partial charge >= 0.3 is 23.9 Å². The Labute approximate surface area is 164 Å². The van der Waals surface area contributed by atoms with Crippen LogP contribution in [-0.4, -0.2) is 36.9 Å². The van der Waals surface area contributed by atoms with Gasteiger partial charge in [-0.15, -0.1) is 0 Å². The molecule has 0 aliphatic heterocycles. The topological polar surface area (TPSA) is 67.4 Å². The van der Waals surface area contributed by atoms with Crippen LogP contribution in [0, 0.1) is 0 Å². The van der Waals surface area contributed by atoms with E-state index in [2.05, 4.69) is 5.32 Å². The number of alkyl halides is 7. The lowest BCUT2D eigenvalue weighted by Gasteiger charge is -2.27. The Morgan fingerprint density at radius 3 is 1.93 bits per heavy atom. The zero-order valence-corrected chi connectivity index (χ0v) is 15.0. The number of amides is 2. The maximum Gasteiger partial charge on any atom is 0.460 e. The van der Waals surface area contributed by atoms with E-state index in [4.69, 9.17) is 4.74 Å². The Kier molecular flexibility index (Phi) is 6.28. The van der Waals surface area contributed by atoms with Crippen LogP contribution in [0.15, 0.2) is 48.5 Å². The zero-order valence-electron chi connectivity index (χ0n) is 15.0. The molecule has 0 saturated carbocycles. The number of carbonyl (C=O) groups is 2. The average molecular weight is 438 g/mol. The minimum atomic E-state index is -6.67. The van der Waals surface area contributed by atoms with Crippen molar-refractivity contribution in [2.75, 3.05) is 17.7 Å². The molecule has 0 fully saturated rings. The summed E-state index contributed by atoms with van der Waals surface area (Å²) in [5.41, 5.74) is -0.908. The van der Waals surface area contributed by atoms with Crippen molar-refractivity contribution in [1.29, 1.82) is 0 Å². The van der Waals surface area contributed by atoms with Gasteiger partial charge in [0.1, 0.15) is 5.75 Å². The van der Waals surface area contributed by atoms with Crippen molar-refractivity contribution in [1.82, 2.24) is 0 Å². The van der Waals surface area contributed by atoms with Crippen molar-refractivity contribution in [2.45, 2.75) is 18.0 Å². The highest BCUT2D eigenvalue weighted by Crippen LogP contribution is 2.47. The third kappa shape index (κ3) is 4.47.